The van der Waals surface area contributed by atoms with Gasteiger partial charge in [0.15, 0.2) is 5.65 Å². The predicted molar refractivity (Wildman–Crippen MR) is 145 cm³/mol. The maximum Gasteiger partial charge on any atom is 0.275 e. The van der Waals surface area contributed by atoms with Gasteiger partial charge in [-0.25, -0.2) is 14.5 Å². The van der Waals surface area contributed by atoms with Gasteiger partial charge in [0.25, 0.3) is 5.91 Å². The Balaban J connectivity index is 1.71. The number of rotatable bonds is 7. The zero-order chi connectivity index (χ0) is 25.9. The third kappa shape index (κ3) is 4.86. The number of carbonyl (C=O) groups excluding carboxylic acids is 1. The third-order valence-electron chi connectivity index (χ3n) is 5.77. The van der Waals surface area contributed by atoms with Gasteiger partial charge in [-0.3, -0.25) is 15.2 Å². The monoisotopic (exact) mass is 532 g/mol. The summed E-state index contributed by atoms with van der Waals surface area (Å²) in [6.07, 6.45) is 3.36. The topological polar surface area (TPSA) is 84.6 Å². The third-order valence-corrected chi connectivity index (χ3v) is 6.35. The number of amides is 1. The molecule has 1 amide bonds. The molecule has 3 aromatic heterocycles. The lowest BCUT2D eigenvalue weighted by atomic mass is 10.0. The van der Waals surface area contributed by atoms with Crippen LogP contribution in [0.2, 0.25) is 10.0 Å². The van der Waals surface area contributed by atoms with E-state index in [1.54, 1.807) is 60.3 Å². The number of carbonyl (C=O) groups is 1. The largest absolute Gasteiger partial charge is 0.378 e. The second-order valence-corrected chi connectivity index (χ2v) is 9.03. The van der Waals surface area contributed by atoms with Gasteiger partial charge in [0.1, 0.15) is 17.1 Å². The molecule has 0 fully saturated rings. The van der Waals surface area contributed by atoms with Crippen LogP contribution < -0.4 is 10.4 Å². The molecular formula is C27H22Cl2N6O2. The van der Waals surface area contributed by atoms with E-state index in [9.17, 15) is 4.79 Å². The fourth-order valence-electron chi connectivity index (χ4n) is 4.08. The number of halogens is 2. The van der Waals surface area contributed by atoms with Crippen molar-refractivity contribution in [3.05, 3.63) is 100 Å². The molecule has 10 heteroatoms. The maximum atomic E-state index is 13.5. The molecule has 2 aromatic carbocycles. The van der Waals surface area contributed by atoms with E-state index in [0.717, 1.165) is 16.7 Å². The first kappa shape index (κ1) is 24.7. The summed E-state index contributed by atoms with van der Waals surface area (Å²) in [5, 5.41) is 7.49. The summed E-state index contributed by atoms with van der Waals surface area (Å²) in [6, 6.07) is 20.3. The van der Waals surface area contributed by atoms with Crippen LogP contribution >= 0.6 is 23.2 Å². The number of fused-ring (bicyclic) bond motifs is 1. The molecule has 0 radical (unpaired) electrons. The molecule has 0 bridgehead atoms. The van der Waals surface area contributed by atoms with E-state index in [-0.39, 0.29) is 6.61 Å². The quantitative estimate of drug-likeness (QED) is 0.271. The molecule has 0 aliphatic heterocycles. The van der Waals surface area contributed by atoms with Crippen molar-refractivity contribution in [1.29, 1.82) is 0 Å². The number of ether oxygens (including phenoxy) is 1. The zero-order valence-electron chi connectivity index (χ0n) is 20.0. The van der Waals surface area contributed by atoms with Crippen molar-refractivity contribution < 1.29 is 9.53 Å². The van der Waals surface area contributed by atoms with Crippen LogP contribution in [0.15, 0.2) is 79.1 Å². The minimum atomic E-state index is -0.393. The number of pyridine rings is 1. The van der Waals surface area contributed by atoms with Crippen molar-refractivity contribution in [1.82, 2.24) is 25.0 Å². The predicted octanol–water partition coefficient (Wildman–Crippen LogP) is 5.69. The lowest BCUT2D eigenvalue weighted by molar-refractivity contribution is 0.0947. The molecule has 3 heterocycles. The molecular weight excluding hydrogens is 511 g/mol. The summed E-state index contributed by atoms with van der Waals surface area (Å²) < 4.78 is 7.04. The van der Waals surface area contributed by atoms with Crippen molar-refractivity contribution >= 4 is 40.6 Å². The highest BCUT2D eigenvalue weighted by Gasteiger charge is 2.26. The first-order valence-corrected chi connectivity index (χ1v) is 12.1. The van der Waals surface area contributed by atoms with Gasteiger partial charge in [0.2, 0.25) is 0 Å². The van der Waals surface area contributed by atoms with Crippen molar-refractivity contribution in [3.63, 3.8) is 0 Å². The number of aromatic nitrogens is 4. The Kier molecular flexibility index (Phi) is 7.05. The Morgan fingerprint density at radius 2 is 1.76 bits per heavy atom. The number of benzene rings is 2. The van der Waals surface area contributed by atoms with Gasteiger partial charge >= 0.3 is 0 Å². The lowest BCUT2D eigenvalue weighted by Crippen LogP contribution is -2.40. The Morgan fingerprint density at radius 3 is 2.46 bits per heavy atom. The van der Waals surface area contributed by atoms with Crippen LogP contribution in [0.5, 0.6) is 0 Å². The number of nitrogens with one attached hydrogen (secondary N) is 1. The van der Waals surface area contributed by atoms with Gasteiger partial charge in [-0.15, -0.1) is 0 Å². The van der Waals surface area contributed by atoms with E-state index >= 15 is 0 Å². The van der Waals surface area contributed by atoms with Crippen molar-refractivity contribution in [2.45, 2.75) is 6.61 Å². The summed E-state index contributed by atoms with van der Waals surface area (Å²) in [6.45, 7) is 0.112. The Hall–Kier alpha value is -3.98. The van der Waals surface area contributed by atoms with Crippen LogP contribution in [0.25, 0.3) is 28.0 Å². The summed E-state index contributed by atoms with van der Waals surface area (Å²) in [5.41, 5.74) is 7.05. The molecule has 8 nitrogen and oxygen atoms in total. The second kappa shape index (κ2) is 10.6. The molecule has 0 saturated carbocycles. The fraction of sp³-hybridized carbons (Fsp3) is 0.111. The molecule has 0 atom stereocenters. The molecule has 5 aromatic rings. The minimum Gasteiger partial charge on any atom is -0.378 e. The van der Waals surface area contributed by atoms with Crippen LogP contribution in [0.3, 0.4) is 0 Å². The second-order valence-electron chi connectivity index (χ2n) is 8.19. The summed E-state index contributed by atoms with van der Waals surface area (Å²) in [4.78, 5) is 22.5. The standard InChI is InChI=1S/C27H22Cl2N6O2/c1-34(23-9-5-6-14-30-23)33-27(36)24-22(16-37-2)32-35-25(17-10-12-18(28)13-11-17)20(15-31-26(24)35)19-7-3-4-8-21(19)29/h3-15H,16H2,1-2H3,(H,33,36). The SMILES string of the molecule is COCc1nn2c(-c3ccc(Cl)cc3)c(-c3ccccc3Cl)cnc2c1C(=O)NN(C)c1ccccn1. The highest BCUT2D eigenvalue weighted by molar-refractivity contribution is 6.33. The summed E-state index contributed by atoms with van der Waals surface area (Å²) in [7, 11) is 3.26. The van der Waals surface area contributed by atoms with Gasteiger partial charge in [-0.2, -0.15) is 5.10 Å². The van der Waals surface area contributed by atoms with Crippen LogP contribution in [-0.2, 0) is 11.3 Å². The highest BCUT2D eigenvalue weighted by atomic mass is 35.5. The number of methoxy groups -OCH3 is 1. The average Bonchev–Trinajstić information content (AvgIpc) is 3.28. The molecule has 0 spiro atoms. The molecule has 0 aliphatic rings. The van der Waals surface area contributed by atoms with Gasteiger partial charge in [0.05, 0.1) is 12.3 Å². The molecule has 0 unspecified atom stereocenters. The Morgan fingerprint density at radius 1 is 1.00 bits per heavy atom. The van der Waals surface area contributed by atoms with E-state index < -0.39 is 5.91 Å². The van der Waals surface area contributed by atoms with Crippen LogP contribution in [0, 0.1) is 0 Å². The van der Waals surface area contributed by atoms with Gasteiger partial charge < -0.3 is 4.74 Å². The van der Waals surface area contributed by atoms with E-state index in [2.05, 4.69) is 15.4 Å². The van der Waals surface area contributed by atoms with Gasteiger partial charge in [-0.05, 0) is 30.3 Å². The lowest BCUT2D eigenvalue weighted by Gasteiger charge is -2.19. The van der Waals surface area contributed by atoms with Gasteiger partial charge in [-0.1, -0.05) is 59.6 Å². The number of anilines is 1. The number of hydrogen-bond acceptors (Lipinski definition) is 6. The number of hydrazine groups is 1. The normalized spacial score (nSPS) is 11.0. The molecule has 37 heavy (non-hydrogen) atoms. The first-order chi connectivity index (χ1) is 18.0. The van der Waals surface area contributed by atoms with Gasteiger partial charge in [0, 0.05) is 53.3 Å². The van der Waals surface area contributed by atoms with E-state index in [0.29, 0.717) is 38.5 Å². The number of nitrogens with zero attached hydrogens (tertiary/aromatic N) is 5. The Labute approximate surface area is 223 Å². The van der Waals surface area contributed by atoms with Crippen LogP contribution in [0.1, 0.15) is 16.1 Å². The van der Waals surface area contributed by atoms with E-state index in [4.69, 9.17) is 33.0 Å². The molecule has 186 valence electrons. The van der Waals surface area contributed by atoms with Crippen molar-refractivity contribution in [2.24, 2.45) is 0 Å². The summed E-state index contributed by atoms with van der Waals surface area (Å²) in [5.74, 6) is 0.187. The van der Waals surface area contributed by atoms with Crippen LogP contribution in [-0.4, -0.2) is 39.6 Å². The number of hydrogen-bond donors (Lipinski definition) is 1. The zero-order valence-corrected chi connectivity index (χ0v) is 21.5. The van der Waals surface area contributed by atoms with Crippen molar-refractivity contribution in [2.75, 3.05) is 19.2 Å². The Bertz CT molecular complexity index is 1570. The van der Waals surface area contributed by atoms with E-state index in [1.807, 2.05) is 42.5 Å². The molecule has 0 saturated heterocycles. The molecule has 0 aliphatic carbocycles. The minimum absolute atomic E-state index is 0.112. The average molecular weight is 533 g/mol. The van der Waals surface area contributed by atoms with Crippen molar-refractivity contribution in [3.8, 4) is 22.4 Å². The first-order valence-electron chi connectivity index (χ1n) is 11.3. The highest BCUT2D eigenvalue weighted by Crippen LogP contribution is 2.37. The van der Waals surface area contributed by atoms with E-state index in [1.165, 1.54) is 0 Å². The summed E-state index contributed by atoms with van der Waals surface area (Å²) >= 11 is 12.7. The van der Waals surface area contributed by atoms with Crippen LogP contribution in [0.4, 0.5) is 5.82 Å². The smallest absolute Gasteiger partial charge is 0.275 e. The maximum absolute atomic E-state index is 13.5. The fourth-order valence-corrected chi connectivity index (χ4v) is 4.44. The molecule has 5 rings (SSSR count). The molecule has 1 N–H and O–H groups in total.